The van der Waals surface area contributed by atoms with Crippen LogP contribution in [0.25, 0.3) is 0 Å². The van der Waals surface area contributed by atoms with E-state index >= 15 is 0 Å². The molecule has 0 spiro atoms. The predicted octanol–water partition coefficient (Wildman–Crippen LogP) is 5.68. The lowest BCUT2D eigenvalue weighted by Crippen LogP contribution is -2.08. The number of esters is 1. The standard InChI is InChI=1S/C18H34I2O2Si/c1-16(2)17(21)22-15-13-11-9-7-5-3-4-6-8-10-12-14-18(19,20)23/h1,3-15H2,2,23H3. The molecule has 0 N–H and O–H groups in total. The molecule has 0 amide bonds. The lowest BCUT2D eigenvalue weighted by Gasteiger charge is -2.13. The third-order valence-corrected chi connectivity index (χ3v) is 5.42. The fraction of sp³-hybridized carbons (Fsp3) is 0.833. The summed E-state index contributed by atoms with van der Waals surface area (Å²) in [6, 6.07) is 0. The van der Waals surface area contributed by atoms with E-state index in [-0.39, 0.29) is 5.97 Å². The summed E-state index contributed by atoms with van der Waals surface area (Å²) in [5.74, 6) is -0.256. The molecule has 0 fully saturated rings. The van der Waals surface area contributed by atoms with Crippen molar-refractivity contribution in [2.75, 3.05) is 6.61 Å². The van der Waals surface area contributed by atoms with Gasteiger partial charge in [-0.1, -0.05) is 116 Å². The van der Waals surface area contributed by atoms with Crippen molar-refractivity contribution in [3.8, 4) is 0 Å². The van der Waals surface area contributed by atoms with Crippen molar-refractivity contribution in [2.24, 2.45) is 0 Å². The molecule has 0 aliphatic carbocycles. The smallest absolute Gasteiger partial charge is 0.333 e. The summed E-state index contributed by atoms with van der Waals surface area (Å²) in [6.07, 6.45) is 15.9. The highest BCUT2D eigenvalue weighted by Crippen LogP contribution is 2.29. The maximum Gasteiger partial charge on any atom is 0.333 e. The maximum atomic E-state index is 11.2. The van der Waals surface area contributed by atoms with Crippen LogP contribution in [0, 0.1) is 0 Å². The molecule has 0 aliphatic heterocycles. The van der Waals surface area contributed by atoms with Gasteiger partial charge in [-0.15, -0.1) is 0 Å². The minimum Gasteiger partial charge on any atom is -0.462 e. The van der Waals surface area contributed by atoms with Crippen LogP contribution >= 0.6 is 45.2 Å². The van der Waals surface area contributed by atoms with Crippen LogP contribution in [0.1, 0.15) is 84.0 Å². The third kappa shape index (κ3) is 19.1. The first-order valence-corrected chi connectivity index (χ1v) is 12.2. The molecule has 0 radical (unpaired) electrons. The highest BCUT2D eigenvalue weighted by atomic mass is 127. The normalized spacial score (nSPS) is 11.6. The van der Waals surface area contributed by atoms with E-state index in [4.69, 9.17) is 4.74 Å². The minimum absolute atomic E-state index is 0.256. The van der Waals surface area contributed by atoms with Crippen LogP contribution in [0.3, 0.4) is 0 Å². The van der Waals surface area contributed by atoms with Crippen LogP contribution in [0.4, 0.5) is 0 Å². The van der Waals surface area contributed by atoms with Crippen molar-refractivity contribution in [1.82, 2.24) is 0 Å². The van der Waals surface area contributed by atoms with E-state index in [1.165, 1.54) is 74.5 Å². The van der Waals surface area contributed by atoms with Gasteiger partial charge in [0, 0.05) is 15.8 Å². The summed E-state index contributed by atoms with van der Waals surface area (Å²) in [6.45, 7) is 5.80. The zero-order valence-corrected chi connectivity index (χ0v) is 21.3. The second-order valence-corrected chi connectivity index (χ2v) is 19.2. The number of hydrogen-bond donors (Lipinski definition) is 0. The lowest BCUT2D eigenvalue weighted by molar-refractivity contribution is -0.139. The van der Waals surface area contributed by atoms with Gasteiger partial charge in [0.05, 0.1) is 7.66 Å². The Labute approximate surface area is 173 Å². The van der Waals surface area contributed by atoms with Crippen molar-refractivity contribution in [3.05, 3.63) is 12.2 Å². The monoisotopic (exact) mass is 564 g/mol. The van der Waals surface area contributed by atoms with Gasteiger partial charge in [-0.2, -0.15) is 0 Å². The second kappa shape index (κ2) is 15.2. The summed E-state index contributed by atoms with van der Waals surface area (Å²) in [5.41, 5.74) is 0.490. The topological polar surface area (TPSA) is 26.3 Å². The highest BCUT2D eigenvalue weighted by molar-refractivity contribution is 14.2. The molecular formula is C18H34I2O2Si. The van der Waals surface area contributed by atoms with Crippen LogP contribution in [-0.4, -0.2) is 23.9 Å². The first kappa shape index (κ1) is 23.9. The molecule has 0 saturated carbocycles. The Kier molecular flexibility index (Phi) is 15.8. The lowest BCUT2D eigenvalue weighted by atomic mass is 10.1. The van der Waals surface area contributed by atoms with Gasteiger partial charge in [-0.05, 0) is 19.8 Å². The molecule has 0 heterocycles. The molecule has 0 aliphatic rings. The van der Waals surface area contributed by atoms with Crippen LogP contribution in [0.5, 0.6) is 0 Å². The molecule has 0 saturated heterocycles. The summed E-state index contributed by atoms with van der Waals surface area (Å²) < 4.78 is 5.66. The molecule has 5 heteroatoms. The number of carbonyl (C=O) groups excluding carboxylic acids is 1. The van der Waals surface area contributed by atoms with Crippen molar-refractivity contribution in [1.29, 1.82) is 0 Å². The Morgan fingerprint density at radius 1 is 0.913 bits per heavy atom. The first-order chi connectivity index (χ1) is 10.8. The van der Waals surface area contributed by atoms with Crippen LogP contribution < -0.4 is 0 Å². The van der Waals surface area contributed by atoms with Gasteiger partial charge in [0.25, 0.3) is 0 Å². The molecule has 0 aromatic heterocycles. The SMILES string of the molecule is C=C(C)C(=O)OCCCCCCCCCCCCCC([SiH3])(I)I. The highest BCUT2D eigenvalue weighted by Gasteiger charge is 2.12. The van der Waals surface area contributed by atoms with Gasteiger partial charge in [-0.25, -0.2) is 4.79 Å². The molecule has 0 rings (SSSR count). The Morgan fingerprint density at radius 2 is 1.30 bits per heavy atom. The van der Waals surface area contributed by atoms with E-state index in [1.54, 1.807) is 6.92 Å². The van der Waals surface area contributed by atoms with E-state index in [2.05, 4.69) is 51.8 Å². The molecule has 0 bridgehead atoms. The molecule has 0 aromatic rings. The Morgan fingerprint density at radius 3 is 1.70 bits per heavy atom. The quantitative estimate of drug-likeness (QED) is 0.0640. The number of unbranched alkanes of at least 4 members (excludes halogenated alkanes) is 10. The fourth-order valence-electron chi connectivity index (χ4n) is 2.42. The maximum absolute atomic E-state index is 11.2. The summed E-state index contributed by atoms with van der Waals surface area (Å²) in [4.78, 5) is 11.2. The molecule has 2 nitrogen and oxygen atoms in total. The van der Waals surface area contributed by atoms with E-state index < -0.39 is 0 Å². The van der Waals surface area contributed by atoms with E-state index in [0.29, 0.717) is 13.2 Å². The number of carbonyl (C=O) groups is 1. The zero-order valence-electron chi connectivity index (χ0n) is 15.0. The fourth-order valence-corrected chi connectivity index (χ4v) is 3.53. The van der Waals surface area contributed by atoms with E-state index in [0.717, 1.165) is 12.8 Å². The minimum atomic E-state index is -0.256. The van der Waals surface area contributed by atoms with Crippen molar-refractivity contribution >= 4 is 61.4 Å². The zero-order chi connectivity index (χ0) is 17.6. The van der Waals surface area contributed by atoms with Crippen LogP contribution in [-0.2, 0) is 9.53 Å². The Bertz CT molecular complexity index is 327. The molecular weight excluding hydrogens is 530 g/mol. The van der Waals surface area contributed by atoms with Crippen LogP contribution in [0.15, 0.2) is 12.2 Å². The second-order valence-electron chi connectivity index (χ2n) is 6.63. The molecule has 0 unspecified atom stereocenters. The predicted molar refractivity (Wildman–Crippen MR) is 122 cm³/mol. The largest absolute Gasteiger partial charge is 0.462 e. The van der Waals surface area contributed by atoms with Gasteiger partial charge in [0.2, 0.25) is 0 Å². The van der Waals surface area contributed by atoms with Crippen molar-refractivity contribution < 1.29 is 9.53 Å². The number of rotatable bonds is 15. The van der Waals surface area contributed by atoms with Crippen LogP contribution in [0.2, 0.25) is 0 Å². The average molecular weight is 564 g/mol. The summed E-state index contributed by atoms with van der Waals surface area (Å²) in [7, 11) is 1.29. The third-order valence-electron chi connectivity index (χ3n) is 3.84. The van der Waals surface area contributed by atoms with Crippen molar-refractivity contribution in [2.45, 2.75) is 85.0 Å². The molecule has 0 atom stereocenters. The van der Waals surface area contributed by atoms with Crippen molar-refractivity contribution in [3.63, 3.8) is 0 Å². The average Bonchev–Trinajstić information content (AvgIpc) is 2.46. The number of halogens is 2. The number of alkyl halides is 2. The summed E-state index contributed by atoms with van der Waals surface area (Å²) >= 11 is 5.20. The first-order valence-electron chi connectivity index (χ1n) is 9.03. The number of ether oxygens (including phenoxy) is 1. The van der Waals surface area contributed by atoms with Gasteiger partial charge in [0.15, 0.2) is 0 Å². The Hall–Kier alpha value is 0.887. The molecule has 136 valence electrons. The van der Waals surface area contributed by atoms with E-state index in [1.807, 2.05) is 0 Å². The molecule has 23 heavy (non-hydrogen) atoms. The van der Waals surface area contributed by atoms with Gasteiger partial charge in [0.1, 0.15) is 0 Å². The summed E-state index contributed by atoms with van der Waals surface area (Å²) in [5, 5.41) is 0. The van der Waals surface area contributed by atoms with Gasteiger partial charge in [-0.3, -0.25) is 0 Å². The van der Waals surface area contributed by atoms with E-state index in [9.17, 15) is 4.79 Å². The number of hydrogen-bond acceptors (Lipinski definition) is 2. The van der Waals surface area contributed by atoms with Gasteiger partial charge < -0.3 is 4.74 Å². The molecule has 0 aromatic carbocycles. The Balaban J connectivity index is 3.14. The van der Waals surface area contributed by atoms with Gasteiger partial charge >= 0.3 is 5.97 Å².